The van der Waals surface area contributed by atoms with E-state index in [0.29, 0.717) is 12.8 Å². The number of nitro benzene ring substituents is 1. The second-order valence-corrected chi connectivity index (χ2v) is 10.3. The number of amides is 1. The van der Waals surface area contributed by atoms with Gasteiger partial charge in [0.2, 0.25) is 10.0 Å². The molecule has 0 unspecified atom stereocenters. The van der Waals surface area contributed by atoms with Crippen LogP contribution in [0.2, 0.25) is 0 Å². The first-order valence-electron chi connectivity index (χ1n) is 9.57. The third kappa shape index (κ3) is 5.66. The van der Waals surface area contributed by atoms with E-state index in [2.05, 4.69) is 5.32 Å². The molecule has 9 nitrogen and oxygen atoms in total. The van der Waals surface area contributed by atoms with Crippen molar-refractivity contribution >= 4 is 21.8 Å². The molecule has 1 aliphatic rings. The van der Waals surface area contributed by atoms with Crippen LogP contribution in [-0.2, 0) is 14.8 Å². The lowest BCUT2D eigenvalue weighted by atomic mass is 9.97. The van der Waals surface area contributed by atoms with E-state index >= 15 is 0 Å². The molecular formula is C19H29N3O6S. The summed E-state index contributed by atoms with van der Waals surface area (Å²) in [5.74, 6) is 0.0101. The number of nitrogens with one attached hydrogen (secondary N) is 1. The molecule has 1 aromatic rings. The lowest BCUT2D eigenvalue weighted by Gasteiger charge is -2.30. The van der Waals surface area contributed by atoms with E-state index in [-0.39, 0.29) is 23.4 Å². The highest BCUT2D eigenvalue weighted by molar-refractivity contribution is 7.89. The summed E-state index contributed by atoms with van der Waals surface area (Å²) in [4.78, 5) is 22.5. The van der Waals surface area contributed by atoms with Gasteiger partial charge in [0.05, 0.1) is 4.92 Å². The van der Waals surface area contributed by atoms with Gasteiger partial charge in [-0.1, -0.05) is 19.1 Å². The van der Waals surface area contributed by atoms with E-state index < -0.39 is 38.4 Å². The van der Waals surface area contributed by atoms with Crippen molar-refractivity contribution in [3.05, 3.63) is 34.4 Å². The molecule has 10 heteroatoms. The van der Waals surface area contributed by atoms with E-state index in [1.807, 2.05) is 6.92 Å². The Morgan fingerprint density at radius 2 is 1.86 bits per heavy atom. The Morgan fingerprint density at radius 1 is 1.24 bits per heavy atom. The van der Waals surface area contributed by atoms with Gasteiger partial charge in [0.1, 0.15) is 5.60 Å². The van der Waals surface area contributed by atoms with Gasteiger partial charge >= 0.3 is 6.09 Å². The number of rotatable bonds is 4. The maximum Gasteiger partial charge on any atom is 0.407 e. The summed E-state index contributed by atoms with van der Waals surface area (Å²) in [5.41, 5.74) is -1.14. The standard InChI is InChI=1S/C19H29N3O6S/c1-13-10-11-14(2)21(12-15(13)20-18(23)28-19(3,4)5)29(26,27)17-9-7-6-8-16(17)22(24)25/h6-9,13-15H,10-12H2,1-5H3,(H,20,23)/t13-,14-,15+/m0/s1. The van der Waals surface area contributed by atoms with Crippen LogP contribution in [0.4, 0.5) is 10.5 Å². The van der Waals surface area contributed by atoms with E-state index in [9.17, 15) is 23.3 Å². The normalized spacial score (nSPS) is 23.8. The Bertz CT molecular complexity index is 865. The zero-order chi connectivity index (χ0) is 22.0. The van der Waals surface area contributed by atoms with Gasteiger partial charge in [-0.3, -0.25) is 10.1 Å². The fourth-order valence-electron chi connectivity index (χ4n) is 3.34. The molecule has 1 aromatic carbocycles. The maximum atomic E-state index is 13.3. The van der Waals surface area contributed by atoms with Crippen molar-refractivity contribution in [2.24, 2.45) is 5.92 Å². The summed E-state index contributed by atoms with van der Waals surface area (Å²) in [6, 6.07) is 4.46. The summed E-state index contributed by atoms with van der Waals surface area (Å²) in [7, 11) is -4.14. The topological polar surface area (TPSA) is 119 Å². The molecule has 0 radical (unpaired) electrons. The number of para-hydroxylation sites is 1. The fraction of sp³-hybridized carbons (Fsp3) is 0.632. The van der Waals surface area contributed by atoms with Crippen LogP contribution in [0.3, 0.4) is 0 Å². The van der Waals surface area contributed by atoms with Crippen molar-refractivity contribution < 1.29 is 22.9 Å². The Hall–Kier alpha value is -2.20. The van der Waals surface area contributed by atoms with Crippen LogP contribution in [-0.4, -0.2) is 48.0 Å². The number of hydrogen-bond donors (Lipinski definition) is 1. The summed E-state index contributed by atoms with van der Waals surface area (Å²) in [6.45, 7) is 8.96. The molecule has 1 fully saturated rings. The Morgan fingerprint density at radius 3 is 2.45 bits per heavy atom. The predicted octanol–water partition coefficient (Wildman–Crippen LogP) is 3.30. The van der Waals surface area contributed by atoms with E-state index in [4.69, 9.17) is 4.74 Å². The minimum Gasteiger partial charge on any atom is -0.444 e. The molecule has 0 spiro atoms. The molecule has 0 bridgehead atoms. The van der Waals surface area contributed by atoms with E-state index in [1.54, 1.807) is 27.7 Å². The third-order valence-corrected chi connectivity index (χ3v) is 6.97. The second kappa shape index (κ2) is 8.66. The number of sulfonamides is 1. The number of benzene rings is 1. The molecule has 1 saturated heterocycles. The highest BCUT2D eigenvalue weighted by atomic mass is 32.2. The molecule has 162 valence electrons. The van der Waals surface area contributed by atoms with Gasteiger partial charge in [-0.05, 0) is 52.5 Å². The van der Waals surface area contributed by atoms with Gasteiger partial charge in [-0.15, -0.1) is 0 Å². The van der Waals surface area contributed by atoms with Gasteiger partial charge in [-0.25, -0.2) is 13.2 Å². The van der Waals surface area contributed by atoms with Gasteiger partial charge in [-0.2, -0.15) is 4.31 Å². The van der Waals surface area contributed by atoms with Crippen LogP contribution in [0, 0.1) is 16.0 Å². The molecule has 0 aliphatic carbocycles. The fourth-order valence-corrected chi connectivity index (χ4v) is 5.18. The molecule has 1 aliphatic heterocycles. The predicted molar refractivity (Wildman–Crippen MR) is 108 cm³/mol. The Kier molecular flexibility index (Phi) is 6.89. The average Bonchev–Trinajstić information content (AvgIpc) is 2.74. The molecule has 1 N–H and O–H groups in total. The molecule has 29 heavy (non-hydrogen) atoms. The van der Waals surface area contributed by atoms with Gasteiger partial charge in [0, 0.05) is 24.7 Å². The zero-order valence-electron chi connectivity index (χ0n) is 17.4. The molecule has 2 rings (SSSR count). The van der Waals surface area contributed by atoms with Crippen LogP contribution >= 0.6 is 0 Å². The maximum absolute atomic E-state index is 13.3. The van der Waals surface area contributed by atoms with Crippen LogP contribution in [0.25, 0.3) is 0 Å². The second-order valence-electron chi connectivity index (χ2n) is 8.46. The zero-order valence-corrected chi connectivity index (χ0v) is 18.2. The van der Waals surface area contributed by atoms with E-state index in [1.165, 1.54) is 28.6 Å². The van der Waals surface area contributed by atoms with Crippen molar-refractivity contribution in [1.82, 2.24) is 9.62 Å². The Labute approximate surface area is 171 Å². The van der Waals surface area contributed by atoms with Crippen molar-refractivity contribution in [1.29, 1.82) is 0 Å². The largest absolute Gasteiger partial charge is 0.444 e. The average molecular weight is 428 g/mol. The highest BCUT2D eigenvalue weighted by Gasteiger charge is 2.39. The molecule has 3 atom stereocenters. The van der Waals surface area contributed by atoms with E-state index in [0.717, 1.165) is 0 Å². The van der Waals surface area contributed by atoms with Crippen molar-refractivity contribution in [2.45, 2.75) is 70.0 Å². The molecule has 0 saturated carbocycles. The summed E-state index contributed by atoms with van der Waals surface area (Å²) < 4.78 is 33.2. The summed E-state index contributed by atoms with van der Waals surface area (Å²) in [5, 5.41) is 14.1. The first-order valence-corrected chi connectivity index (χ1v) is 11.0. The smallest absolute Gasteiger partial charge is 0.407 e. The number of ether oxygens (including phenoxy) is 1. The molecule has 1 amide bonds. The quantitative estimate of drug-likeness (QED) is 0.582. The Balaban J connectivity index is 2.35. The first-order chi connectivity index (χ1) is 13.3. The number of hydrogen-bond acceptors (Lipinski definition) is 6. The lowest BCUT2D eigenvalue weighted by Crippen LogP contribution is -2.50. The molecular weight excluding hydrogens is 398 g/mol. The SMILES string of the molecule is C[C@H]1CC[C@H](C)N(S(=O)(=O)c2ccccc2[N+](=O)[O-])C[C@H]1NC(=O)OC(C)(C)C. The highest BCUT2D eigenvalue weighted by Crippen LogP contribution is 2.31. The number of nitro groups is 1. The summed E-state index contributed by atoms with van der Waals surface area (Å²) in [6.07, 6.45) is 0.657. The summed E-state index contributed by atoms with van der Waals surface area (Å²) >= 11 is 0. The monoisotopic (exact) mass is 427 g/mol. The van der Waals surface area contributed by atoms with Crippen molar-refractivity contribution in [2.75, 3.05) is 6.54 Å². The van der Waals surface area contributed by atoms with Crippen LogP contribution < -0.4 is 5.32 Å². The molecule has 0 aromatic heterocycles. The van der Waals surface area contributed by atoms with Crippen molar-refractivity contribution in [3.63, 3.8) is 0 Å². The van der Waals surface area contributed by atoms with Crippen LogP contribution in [0.15, 0.2) is 29.2 Å². The lowest BCUT2D eigenvalue weighted by molar-refractivity contribution is -0.387. The van der Waals surface area contributed by atoms with Crippen LogP contribution in [0.5, 0.6) is 0 Å². The van der Waals surface area contributed by atoms with Crippen LogP contribution in [0.1, 0.15) is 47.5 Å². The van der Waals surface area contributed by atoms with Gasteiger partial charge < -0.3 is 10.1 Å². The number of nitrogens with zero attached hydrogens (tertiary/aromatic N) is 2. The molecule has 1 heterocycles. The minimum absolute atomic E-state index is 0.00988. The third-order valence-electron chi connectivity index (χ3n) is 4.95. The number of carbonyl (C=O) groups is 1. The van der Waals surface area contributed by atoms with Gasteiger partial charge in [0.15, 0.2) is 4.90 Å². The number of alkyl carbamates (subject to hydrolysis) is 1. The van der Waals surface area contributed by atoms with Crippen molar-refractivity contribution in [3.8, 4) is 0 Å². The first kappa shape index (κ1) is 23.1. The van der Waals surface area contributed by atoms with Gasteiger partial charge in [0.25, 0.3) is 5.69 Å². The minimum atomic E-state index is -4.14. The number of carbonyl (C=O) groups excluding carboxylic acids is 1.